The van der Waals surface area contributed by atoms with Gasteiger partial charge in [-0.1, -0.05) is 29.8 Å². The smallest absolute Gasteiger partial charge is 0.261 e. The number of rotatable bonds is 8. The van der Waals surface area contributed by atoms with E-state index in [1.807, 2.05) is 52.8 Å². The highest BCUT2D eigenvalue weighted by Crippen LogP contribution is 2.23. The number of hydrogen-bond donors (Lipinski definition) is 1. The van der Waals surface area contributed by atoms with Crippen LogP contribution in [-0.2, 0) is 16.1 Å². The van der Waals surface area contributed by atoms with Crippen molar-refractivity contribution in [2.24, 2.45) is 0 Å². The molecule has 0 heterocycles. The molecule has 0 aromatic heterocycles. The summed E-state index contributed by atoms with van der Waals surface area (Å²) in [4.78, 5) is 27.2. The Kier molecular flexibility index (Phi) is 8.30. The number of nitrogens with zero attached hydrogens (tertiary/aromatic N) is 1. The predicted molar refractivity (Wildman–Crippen MR) is 121 cm³/mol. The number of nitrogens with one attached hydrogen (secondary N) is 1. The lowest BCUT2D eigenvalue weighted by Gasteiger charge is -2.29. The molecule has 1 N–H and O–H groups in total. The highest BCUT2D eigenvalue weighted by Gasteiger charge is 2.27. The van der Waals surface area contributed by atoms with Crippen molar-refractivity contribution in [3.05, 3.63) is 63.7 Å². The molecule has 6 heteroatoms. The number of benzene rings is 2. The van der Waals surface area contributed by atoms with Crippen molar-refractivity contribution in [3.8, 4) is 5.75 Å². The van der Waals surface area contributed by atoms with Gasteiger partial charge >= 0.3 is 0 Å². The second-order valence-electron chi connectivity index (χ2n) is 7.98. The molecular weight excluding hydrogens is 400 g/mol. The van der Waals surface area contributed by atoms with Gasteiger partial charge in [-0.2, -0.15) is 0 Å². The molecule has 0 radical (unpaired) electrons. The normalized spacial score (nSPS) is 11.9. The van der Waals surface area contributed by atoms with Crippen LogP contribution in [0.2, 0.25) is 5.02 Å². The van der Waals surface area contributed by atoms with Crippen molar-refractivity contribution in [1.82, 2.24) is 10.2 Å². The predicted octanol–water partition coefficient (Wildman–Crippen LogP) is 4.59. The molecule has 0 aliphatic rings. The summed E-state index contributed by atoms with van der Waals surface area (Å²) in [6.07, 6.45) is 0. The molecular formula is C24H31ClN2O3. The van der Waals surface area contributed by atoms with Gasteiger partial charge in [0.1, 0.15) is 11.8 Å². The van der Waals surface area contributed by atoms with Crippen LogP contribution in [-0.4, -0.2) is 35.4 Å². The number of aryl methyl sites for hydroxylation is 2. The maximum Gasteiger partial charge on any atom is 0.261 e. The Bertz CT molecular complexity index is 911. The number of halogens is 1. The van der Waals surface area contributed by atoms with Gasteiger partial charge in [0.25, 0.3) is 5.91 Å². The minimum Gasteiger partial charge on any atom is -0.483 e. The molecule has 0 fully saturated rings. The van der Waals surface area contributed by atoms with Crippen LogP contribution in [0.5, 0.6) is 5.75 Å². The SMILES string of the molecule is Cc1cc(C)c(C)c(OCC(=O)N(Cc2cccc(Cl)c2)[C@@H](C)C(=O)NC(C)C)c1. The fourth-order valence-corrected chi connectivity index (χ4v) is 3.41. The number of amides is 2. The van der Waals surface area contributed by atoms with Crippen molar-refractivity contribution in [2.45, 2.75) is 60.2 Å². The molecule has 2 aromatic carbocycles. The van der Waals surface area contributed by atoms with E-state index in [1.54, 1.807) is 19.1 Å². The molecule has 0 bridgehead atoms. The monoisotopic (exact) mass is 430 g/mol. The first kappa shape index (κ1) is 23.7. The van der Waals surface area contributed by atoms with Gasteiger partial charge in [-0.05, 0) is 82.0 Å². The lowest BCUT2D eigenvalue weighted by atomic mass is 10.1. The van der Waals surface area contributed by atoms with E-state index in [2.05, 4.69) is 11.4 Å². The zero-order valence-electron chi connectivity index (χ0n) is 18.6. The summed E-state index contributed by atoms with van der Waals surface area (Å²) in [5.41, 5.74) is 4.03. The van der Waals surface area contributed by atoms with Crippen LogP contribution >= 0.6 is 11.6 Å². The molecule has 1 atom stereocenters. The molecule has 5 nitrogen and oxygen atoms in total. The lowest BCUT2D eigenvalue weighted by molar-refractivity contribution is -0.142. The molecule has 0 spiro atoms. The van der Waals surface area contributed by atoms with Gasteiger partial charge in [-0.15, -0.1) is 0 Å². The minimum atomic E-state index is -0.650. The molecule has 0 saturated carbocycles. The fourth-order valence-electron chi connectivity index (χ4n) is 3.19. The molecule has 2 aromatic rings. The standard InChI is InChI=1S/C24H31ClN2O3/c1-15(2)26-24(29)19(6)27(13-20-8-7-9-21(25)12-20)23(28)14-30-22-11-16(3)10-17(4)18(22)5/h7-12,15,19H,13-14H2,1-6H3,(H,26,29)/t19-/m0/s1. The Morgan fingerprint density at radius 2 is 1.80 bits per heavy atom. The first-order chi connectivity index (χ1) is 14.1. The van der Waals surface area contributed by atoms with E-state index in [4.69, 9.17) is 16.3 Å². The molecule has 0 aliphatic carbocycles. The molecule has 2 rings (SSSR count). The van der Waals surface area contributed by atoms with Gasteiger partial charge in [0.05, 0.1) is 0 Å². The van der Waals surface area contributed by atoms with Crippen LogP contribution in [0, 0.1) is 20.8 Å². The first-order valence-corrected chi connectivity index (χ1v) is 10.5. The molecule has 0 unspecified atom stereocenters. The molecule has 0 aliphatic heterocycles. The number of hydrogen-bond acceptors (Lipinski definition) is 3. The molecule has 30 heavy (non-hydrogen) atoms. The van der Waals surface area contributed by atoms with Crippen LogP contribution < -0.4 is 10.1 Å². The van der Waals surface area contributed by atoms with Crippen molar-refractivity contribution in [1.29, 1.82) is 0 Å². The van der Waals surface area contributed by atoms with E-state index in [1.165, 1.54) is 4.90 Å². The average molecular weight is 431 g/mol. The summed E-state index contributed by atoms with van der Waals surface area (Å²) in [5.74, 6) is 0.214. The number of carbonyl (C=O) groups excluding carboxylic acids is 2. The molecule has 2 amide bonds. The van der Waals surface area contributed by atoms with Crippen molar-refractivity contribution in [3.63, 3.8) is 0 Å². The van der Waals surface area contributed by atoms with Gasteiger partial charge < -0.3 is 15.0 Å². The van der Waals surface area contributed by atoms with Crippen molar-refractivity contribution in [2.75, 3.05) is 6.61 Å². The van der Waals surface area contributed by atoms with E-state index in [-0.39, 0.29) is 31.0 Å². The van der Waals surface area contributed by atoms with E-state index in [9.17, 15) is 9.59 Å². The van der Waals surface area contributed by atoms with Gasteiger partial charge in [0, 0.05) is 17.6 Å². The summed E-state index contributed by atoms with van der Waals surface area (Å²) >= 11 is 6.10. The van der Waals surface area contributed by atoms with E-state index in [0.717, 1.165) is 22.3 Å². The second kappa shape index (κ2) is 10.5. The molecule has 0 saturated heterocycles. The van der Waals surface area contributed by atoms with Crippen LogP contribution in [0.15, 0.2) is 36.4 Å². The zero-order valence-corrected chi connectivity index (χ0v) is 19.3. The van der Waals surface area contributed by atoms with Crippen molar-refractivity contribution >= 4 is 23.4 Å². The third-order valence-electron chi connectivity index (χ3n) is 4.96. The van der Waals surface area contributed by atoms with E-state index < -0.39 is 6.04 Å². The third-order valence-corrected chi connectivity index (χ3v) is 5.19. The van der Waals surface area contributed by atoms with Gasteiger partial charge in [0.15, 0.2) is 6.61 Å². The summed E-state index contributed by atoms with van der Waals surface area (Å²) in [5, 5.41) is 3.46. The van der Waals surface area contributed by atoms with Gasteiger partial charge in [-0.3, -0.25) is 9.59 Å². The van der Waals surface area contributed by atoms with Gasteiger partial charge in [0.2, 0.25) is 5.91 Å². The molecule has 162 valence electrons. The first-order valence-electron chi connectivity index (χ1n) is 10.1. The summed E-state index contributed by atoms with van der Waals surface area (Å²) in [7, 11) is 0. The Morgan fingerprint density at radius 3 is 2.43 bits per heavy atom. The Morgan fingerprint density at radius 1 is 1.10 bits per heavy atom. The summed E-state index contributed by atoms with van der Waals surface area (Å²) in [6, 6.07) is 10.6. The maximum atomic E-state index is 13.1. The zero-order chi connectivity index (χ0) is 22.4. The Balaban J connectivity index is 2.22. The Hall–Kier alpha value is -2.53. The summed E-state index contributed by atoms with van der Waals surface area (Å²) < 4.78 is 5.86. The van der Waals surface area contributed by atoms with Gasteiger partial charge in [-0.25, -0.2) is 0 Å². The van der Waals surface area contributed by atoms with Crippen LogP contribution in [0.4, 0.5) is 0 Å². The Labute approximate surface area is 184 Å². The quantitative estimate of drug-likeness (QED) is 0.666. The van der Waals surface area contributed by atoms with Crippen molar-refractivity contribution < 1.29 is 14.3 Å². The fraction of sp³-hybridized carbons (Fsp3) is 0.417. The van der Waals surface area contributed by atoms with E-state index >= 15 is 0 Å². The number of carbonyl (C=O) groups is 2. The maximum absolute atomic E-state index is 13.1. The number of ether oxygens (including phenoxy) is 1. The largest absolute Gasteiger partial charge is 0.483 e. The van der Waals surface area contributed by atoms with E-state index in [0.29, 0.717) is 10.8 Å². The van der Waals surface area contributed by atoms with Crippen LogP contribution in [0.1, 0.15) is 43.0 Å². The lowest BCUT2D eigenvalue weighted by Crippen LogP contribution is -2.50. The summed E-state index contributed by atoms with van der Waals surface area (Å²) in [6.45, 7) is 11.6. The van der Waals surface area contributed by atoms with Crippen LogP contribution in [0.3, 0.4) is 0 Å². The minimum absolute atomic E-state index is 0.0164. The average Bonchev–Trinajstić information content (AvgIpc) is 2.66. The van der Waals surface area contributed by atoms with Crippen LogP contribution in [0.25, 0.3) is 0 Å². The highest BCUT2D eigenvalue weighted by atomic mass is 35.5. The highest BCUT2D eigenvalue weighted by molar-refractivity contribution is 6.30. The topological polar surface area (TPSA) is 58.6 Å². The second-order valence-corrected chi connectivity index (χ2v) is 8.42. The third kappa shape index (κ3) is 6.49.